The van der Waals surface area contributed by atoms with Gasteiger partial charge in [-0.2, -0.15) is 0 Å². The fourth-order valence-corrected chi connectivity index (χ4v) is 2.09. The van der Waals surface area contributed by atoms with Gasteiger partial charge >= 0.3 is 0 Å². The Kier molecular flexibility index (Phi) is 4.34. The van der Waals surface area contributed by atoms with E-state index in [9.17, 15) is 0 Å². The molecule has 0 saturated heterocycles. The minimum Gasteiger partial charge on any atom is -0.491 e. The molecule has 0 aromatic heterocycles. The molecule has 0 atom stereocenters. The molecule has 1 aromatic rings. The summed E-state index contributed by atoms with van der Waals surface area (Å²) in [5.41, 5.74) is 7.90. The third kappa shape index (κ3) is 3.31. The first-order valence-electron chi connectivity index (χ1n) is 7.01. The van der Waals surface area contributed by atoms with Gasteiger partial charge in [0.1, 0.15) is 5.75 Å². The molecule has 100 valence electrons. The van der Waals surface area contributed by atoms with Crippen molar-refractivity contribution in [3.63, 3.8) is 0 Å². The van der Waals surface area contributed by atoms with Gasteiger partial charge < -0.3 is 15.4 Å². The van der Waals surface area contributed by atoms with Crippen LogP contribution in [0.2, 0.25) is 0 Å². The summed E-state index contributed by atoms with van der Waals surface area (Å²) in [7, 11) is 0. The van der Waals surface area contributed by atoms with E-state index in [1.54, 1.807) is 0 Å². The first-order chi connectivity index (χ1) is 8.74. The maximum Gasteiger partial charge on any atom is 0.144 e. The van der Waals surface area contributed by atoms with Crippen LogP contribution in [-0.4, -0.2) is 19.7 Å². The van der Waals surface area contributed by atoms with E-state index in [1.807, 2.05) is 6.07 Å². The van der Waals surface area contributed by atoms with E-state index in [0.29, 0.717) is 0 Å². The number of nitrogens with two attached hydrogens (primary N) is 1. The number of hydrogen-bond donors (Lipinski definition) is 1. The number of ether oxygens (including phenoxy) is 1. The molecule has 1 aliphatic rings. The summed E-state index contributed by atoms with van der Waals surface area (Å²) in [6, 6.07) is 6.13. The minimum atomic E-state index is 0.725. The molecule has 1 saturated carbocycles. The van der Waals surface area contributed by atoms with Gasteiger partial charge in [-0.1, -0.05) is 6.92 Å². The van der Waals surface area contributed by atoms with Crippen molar-refractivity contribution < 1.29 is 4.74 Å². The van der Waals surface area contributed by atoms with Gasteiger partial charge in [-0.25, -0.2) is 0 Å². The van der Waals surface area contributed by atoms with Crippen molar-refractivity contribution >= 4 is 11.4 Å². The van der Waals surface area contributed by atoms with Crippen molar-refractivity contribution in [2.24, 2.45) is 5.92 Å². The zero-order valence-corrected chi connectivity index (χ0v) is 11.5. The van der Waals surface area contributed by atoms with E-state index < -0.39 is 0 Å². The lowest BCUT2D eigenvalue weighted by atomic mass is 10.2. The van der Waals surface area contributed by atoms with Crippen molar-refractivity contribution in [1.29, 1.82) is 0 Å². The molecule has 1 aliphatic carbocycles. The molecule has 3 nitrogen and oxygen atoms in total. The second kappa shape index (κ2) is 5.98. The van der Waals surface area contributed by atoms with Crippen molar-refractivity contribution in [1.82, 2.24) is 0 Å². The van der Waals surface area contributed by atoms with Gasteiger partial charge in [0, 0.05) is 24.8 Å². The first kappa shape index (κ1) is 13.1. The zero-order chi connectivity index (χ0) is 13.0. The van der Waals surface area contributed by atoms with Gasteiger partial charge in [0.05, 0.1) is 12.3 Å². The highest BCUT2D eigenvalue weighted by Crippen LogP contribution is 2.33. The largest absolute Gasteiger partial charge is 0.491 e. The molecule has 18 heavy (non-hydrogen) atoms. The lowest BCUT2D eigenvalue weighted by Crippen LogP contribution is -2.25. The lowest BCUT2D eigenvalue weighted by Gasteiger charge is -2.24. The van der Waals surface area contributed by atoms with E-state index in [-0.39, 0.29) is 0 Å². The molecule has 0 bridgehead atoms. The van der Waals surface area contributed by atoms with E-state index >= 15 is 0 Å². The maximum atomic E-state index is 5.94. The van der Waals surface area contributed by atoms with Crippen LogP contribution in [0.3, 0.4) is 0 Å². The lowest BCUT2D eigenvalue weighted by molar-refractivity contribution is 0.319. The average Bonchev–Trinajstić information content (AvgIpc) is 3.19. The summed E-state index contributed by atoms with van der Waals surface area (Å²) in [5.74, 6) is 1.71. The summed E-state index contributed by atoms with van der Waals surface area (Å²) in [6.07, 6.45) is 3.76. The van der Waals surface area contributed by atoms with Crippen LogP contribution in [0.15, 0.2) is 18.2 Å². The number of nitrogen functional groups attached to an aromatic ring is 1. The highest BCUT2D eigenvalue weighted by molar-refractivity contribution is 5.62. The van der Waals surface area contributed by atoms with Crippen molar-refractivity contribution in [2.45, 2.75) is 33.1 Å². The second-order valence-corrected chi connectivity index (χ2v) is 5.05. The van der Waals surface area contributed by atoms with Crippen LogP contribution in [0.4, 0.5) is 11.4 Å². The predicted molar refractivity (Wildman–Crippen MR) is 77.3 cm³/mol. The predicted octanol–water partition coefficient (Wildman–Crippen LogP) is 3.29. The highest BCUT2D eigenvalue weighted by atomic mass is 16.5. The summed E-state index contributed by atoms with van der Waals surface area (Å²) in [4.78, 5) is 2.41. The molecule has 0 spiro atoms. The van der Waals surface area contributed by atoms with Crippen LogP contribution in [0.25, 0.3) is 0 Å². The molecule has 2 rings (SSSR count). The molecule has 0 amide bonds. The van der Waals surface area contributed by atoms with Crippen LogP contribution in [0.1, 0.15) is 33.1 Å². The van der Waals surface area contributed by atoms with Crippen LogP contribution >= 0.6 is 0 Å². The summed E-state index contributed by atoms with van der Waals surface area (Å²) in [6.45, 7) is 7.22. The monoisotopic (exact) mass is 248 g/mol. The highest BCUT2D eigenvalue weighted by Gasteiger charge is 2.24. The molecule has 3 heteroatoms. The fraction of sp³-hybridized carbons (Fsp3) is 0.600. The maximum absolute atomic E-state index is 5.94. The molecule has 2 N–H and O–H groups in total. The Morgan fingerprint density at radius 3 is 2.72 bits per heavy atom. The zero-order valence-electron chi connectivity index (χ0n) is 11.5. The van der Waals surface area contributed by atoms with Gasteiger partial charge in [0.15, 0.2) is 0 Å². The Morgan fingerprint density at radius 1 is 1.33 bits per heavy atom. The Labute approximate surface area is 110 Å². The third-order valence-electron chi connectivity index (χ3n) is 3.38. The van der Waals surface area contributed by atoms with Gasteiger partial charge in [0.2, 0.25) is 0 Å². The summed E-state index contributed by atoms with van der Waals surface area (Å²) >= 11 is 0. The number of nitrogens with zero attached hydrogens (tertiary/aromatic N) is 1. The Morgan fingerprint density at radius 2 is 2.11 bits per heavy atom. The third-order valence-corrected chi connectivity index (χ3v) is 3.38. The minimum absolute atomic E-state index is 0.725. The second-order valence-electron chi connectivity index (χ2n) is 5.05. The normalized spacial score (nSPS) is 14.6. The van der Waals surface area contributed by atoms with Crippen LogP contribution < -0.4 is 15.4 Å². The summed E-state index contributed by atoms with van der Waals surface area (Å²) < 4.78 is 5.69. The molecule has 0 heterocycles. The van der Waals surface area contributed by atoms with Crippen molar-refractivity contribution in [2.75, 3.05) is 30.3 Å². The van der Waals surface area contributed by atoms with Crippen LogP contribution in [-0.2, 0) is 0 Å². The molecule has 1 fully saturated rings. The van der Waals surface area contributed by atoms with E-state index in [4.69, 9.17) is 10.5 Å². The smallest absolute Gasteiger partial charge is 0.144 e. The Bertz CT molecular complexity index is 388. The molecule has 1 aromatic carbocycles. The van der Waals surface area contributed by atoms with Gasteiger partial charge in [-0.3, -0.25) is 0 Å². The van der Waals surface area contributed by atoms with Crippen molar-refractivity contribution in [3.8, 4) is 5.75 Å². The number of hydrogen-bond acceptors (Lipinski definition) is 3. The Balaban J connectivity index is 2.10. The van der Waals surface area contributed by atoms with Crippen LogP contribution in [0, 0.1) is 5.92 Å². The molecular weight excluding hydrogens is 224 g/mol. The van der Waals surface area contributed by atoms with Gasteiger partial charge in [-0.15, -0.1) is 0 Å². The van der Waals surface area contributed by atoms with Crippen molar-refractivity contribution in [3.05, 3.63) is 18.2 Å². The number of anilines is 2. The topological polar surface area (TPSA) is 38.5 Å². The van der Waals surface area contributed by atoms with Gasteiger partial charge in [0.25, 0.3) is 0 Å². The Hall–Kier alpha value is -1.38. The van der Waals surface area contributed by atoms with E-state index in [0.717, 1.165) is 43.5 Å². The SMILES string of the molecule is CCCOc1cc(N(CC)CC2CC2)ccc1N. The van der Waals surface area contributed by atoms with E-state index in [2.05, 4.69) is 30.9 Å². The standard InChI is InChI=1S/C15H24N2O/c1-3-9-18-15-10-13(7-8-14(15)16)17(4-2)11-12-5-6-12/h7-8,10,12H,3-6,9,11,16H2,1-2H3. The van der Waals surface area contributed by atoms with Crippen LogP contribution in [0.5, 0.6) is 5.75 Å². The fourth-order valence-electron chi connectivity index (χ4n) is 2.09. The number of rotatable bonds is 7. The molecule has 0 radical (unpaired) electrons. The molecule has 0 aliphatic heterocycles. The number of benzene rings is 1. The quantitative estimate of drug-likeness (QED) is 0.752. The summed E-state index contributed by atoms with van der Waals surface area (Å²) in [5, 5.41) is 0. The average molecular weight is 248 g/mol. The molecule has 0 unspecified atom stereocenters. The first-order valence-corrected chi connectivity index (χ1v) is 7.01. The van der Waals surface area contributed by atoms with Gasteiger partial charge in [-0.05, 0) is 44.2 Å². The molecular formula is C15H24N2O. The van der Waals surface area contributed by atoms with E-state index in [1.165, 1.54) is 18.5 Å².